The van der Waals surface area contributed by atoms with Crippen LogP contribution in [0.3, 0.4) is 0 Å². The van der Waals surface area contributed by atoms with Gasteiger partial charge in [-0.3, -0.25) is 0 Å². The van der Waals surface area contributed by atoms with Crippen molar-refractivity contribution in [2.24, 2.45) is 0 Å². The summed E-state index contributed by atoms with van der Waals surface area (Å²) in [5.74, 6) is 0.191. The third-order valence-electron chi connectivity index (χ3n) is 2.02. The van der Waals surface area contributed by atoms with Gasteiger partial charge in [0.2, 0.25) is 0 Å². The number of rotatable bonds is 3. The number of aliphatic hydroxyl groups excluding tert-OH is 1. The molecule has 0 aliphatic carbocycles. The van der Waals surface area contributed by atoms with Gasteiger partial charge in [0.15, 0.2) is 0 Å². The van der Waals surface area contributed by atoms with Crippen molar-refractivity contribution in [2.45, 2.75) is 13.0 Å². The van der Waals surface area contributed by atoms with E-state index in [1.165, 1.54) is 0 Å². The van der Waals surface area contributed by atoms with E-state index >= 15 is 0 Å². The molecule has 0 bridgehead atoms. The molecule has 3 heteroatoms. The Hall–Kier alpha value is -1.06. The Bertz CT molecular complexity index is 286. The van der Waals surface area contributed by atoms with Gasteiger partial charge in [-0.25, -0.2) is 0 Å². The maximum Gasteiger partial charge on any atom is 0.115 e. The molecule has 0 radical (unpaired) electrons. The lowest BCUT2D eigenvalue weighted by atomic mass is 10.0. The van der Waals surface area contributed by atoms with Gasteiger partial charge < -0.3 is 15.5 Å². The Morgan fingerprint density at radius 2 is 2.15 bits per heavy atom. The maximum atomic E-state index is 9.65. The summed E-state index contributed by atoms with van der Waals surface area (Å²) in [6.45, 7) is 2.40. The molecular formula is C10H15NO2. The van der Waals surface area contributed by atoms with E-state index in [9.17, 15) is 10.2 Å². The molecule has 0 aromatic heterocycles. The minimum atomic E-state index is -0.558. The Kier molecular flexibility index (Phi) is 3.28. The van der Waals surface area contributed by atoms with E-state index in [1.54, 1.807) is 25.2 Å². The number of likely N-dealkylation sites (N-methyl/N-ethyl adjacent to an activating group) is 1. The molecule has 3 nitrogen and oxygen atoms in total. The van der Waals surface area contributed by atoms with Crippen molar-refractivity contribution >= 4 is 0 Å². The van der Waals surface area contributed by atoms with Gasteiger partial charge in [-0.15, -0.1) is 0 Å². The van der Waals surface area contributed by atoms with Gasteiger partial charge >= 0.3 is 0 Å². The summed E-state index contributed by atoms with van der Waals surface area (Å²) in [4.78, 5) is 0. The molecule has 0 heterocycles. The first kappa shape index (κ1) is 10.0. The molecule has 1 rings (SSSR count). The van der Waals surface area contributed by atoms with E-state index in [-0.39, 0.29) is 5.75 Å². The molecule has 1 unspecified atom stereocenters. The SMILES string of the molecule is CNCC(O)c1cc(O)ccc1C. The van der Waals surface area contributed by atoms with Crippen molar-refractivity contribution in [2.75, 3.05) is 13.6 Å². The molecule has 0 spiro atoms. The molecule has 0 saturated carbocycles. The zero-order valence-electron chi connectivity index (χ0n) is 7.91. The summed E-state index contributed by atoms with van der Waals surface area (Å²) in [5.41, 5.74) is 1.76. The normalized spacial score (nSPS) is 12.8. The number of aliphatic hydroxyl groups is 1. The average Bonchev–Trinajstić information content (AvgIpc) is 2.09. The smallest absolute Gasteiger partial charge is 0.115 e. The molecule has 72 valence electrons. The van der Waals surface area contributed by atoms with Gasteiger partial charge in [0, 0.05) is 6.54 Å². The van der Waals surface area contributed by atoms with Gasteiger partial charge in [-0.2, -0.15) is 0 Å². The Morgan fingerprint density at radius 3 is 2.77 bits per heavy atom. The zero-order chi connectivity index (χ0) is 9.84. The molecule has 1 aromatic carbocycles. The van der Waals surface area contributed by atoms with Gasteiger partial charge in [0.25, 0.3) is 0 Å². The predicted octanol–water partition coefficient (Wildman–Crippen LogP) is 0.953. The summed E-state index contributed by atoms with van der Waals surface area (Å²) in [7, 11) is 1.78. The molecule has 0 saturated heterocycles. The van der Waals surface area contributed by atoms with Gasteiger partial charge in [-0.1, -0.05) is 6.07 Å². The van der Waals surface area contributed by atoms with E-state index in [4.69, 9.17) is 0 Å². The second kappa shape index (κ2) is 4.25. The topological polar surface area (TPSA) is 52.5 Å². The van der Waals surface area contributed by atoms with Crippen LogP contribution in [0, 0.1) is 6.92 Å². The third kappa shape index (κ3) is 2.44. The molecule has 0 amide bonds. The van der Waals surface area contributed by atoms with Crippen LogP contribution in [-0.4, -0.2) is 23.8 Å². The van der Waals surface area contributed by atoms with Crippen LogP contribution in [0.5, 0.6) is 5.75 Å². The second-order valence-corrected chi connectivity index (χ2v) is 3.11. The number of hydrogen-bond donors (Lipinski definition) is 3. The number of phenols is 1. The highest BCUT2D eigenvalue weighted by atomic mass is 16.3. The van der Waals surface area contributed by atoms with Crippen molar-refractivity contribution in [1.29, 1.82) is 0 Å². The highest BCUT2D eigenvalue weighted by molar-refractivity contribution is 5.35. The quantitative estimate of drug-likeness (QED) is 0.651. The first-order chi connectivity index (χ1) is 6.15. The number of aromatic hydroxyl groups is 1. The fourth-order valence-electron chi connectivity index (χ4n) is 1.29. The number of nitrogens with one attached hydrogen (secondary N) is 1. The number of aryl methyl sites for hydroxylation is 1. The van der Waals surface area contributed by atoms with E-state index in [1.807, 2.05) is 6.92 Å². The van der Waals surface area contributed by atoms with Crippen LogP contribution in [0.4, 0.5) is 0 Å². The Labute approximate surface area is 78.0 Å². The van der Waals surface area contributed by atoms with Crippen molar-refractivity contribution in [3.63, 3.8) is 0 Å². The molecule has 1 aromatic rings. The van der Waals surface area contributed by atoms with Crippen LogP contribution in [0.25, 0.3) is 0 Å². The molecule has 0 aliphatic rings. The summed E-state index contributed by atoms with van der Waals surface area (Å²) in [5, 5.41) is 21.8. The van der Waals surface area contributed by atoms with E-state index < -0.39 is 6.10 Å². The lowest BCUT2D eigenvalue weighted by Crippen LogP contribution is -2.17. The van der Waals surface area contributed by atoms with Crippen LogP contribution in [0.2, 0.25) is 0 Å². The highest BCUT2D eigenvalue weighted by Gasteiger charge is 2.09. The first-order valence-electron chi connectivity index (χ1n) is 4.27. The van der Waals surface area contributed by atoms with Crippen LogP contribution >= 0.6 is 0 Å². The number of phenolic OH excluding ortho intramolecular Hbond substituents is 1. The maximum absolute atomic E-state index is 9.65. The van der Waals surface area contributed by atoms with E-state index in [0.29, 0.717) is 6.54 Å². The van der Waals surface area contributed by atoms with Crippen LogP contribution in [0.1, 0.15) is 17.2 Å². The summed E-state index contributed by atoms with van der Waals surface area (Å²) in [6.07, 6.45) is -0.558. The zero-order valence-corrected chi connectivity index (χ0v) is 7.91. The van der Waals surface area contributed by atoms with Gasteiger partial charge in [0.05, 0.1) is 6.10 Å². The van der Waals surface area contributed by atoms with Crippen LogP contribution < -0.4 is 5.32 Å². The summed E-state index contributed by atoms with van der Waals surface area (Å²) >= 11 is 0. The van der Waals surface area contributed by atoms with Crippen molar-refractivity contribution in [1.82, 2.24) is 5.32 Å². The fourth-order valence-corrected chi connectivity index (χ4v) is 1.29. The summed E-state index contributed by atoms with van der Waals surface area (Å²) in [6, 6.07) is 5.01. The molecule has 3 N–H and O–H groups in total. The lowest BCUT2D eigenvalue weighted by molar-refractivity contribution is 0.176. The van der Waals surface area contributed by atoms with Crippen LogP contribution in [-0.2, 0) is 0 Å². The molecule has 0 fully saturated rings. The largest absolute Gasteiger partial charge is 0.508 e. The standard InChI is InChI=1S/C10H15NO2/c1-7-3-4-8(12)5-9(7)10(13)6-11-2/h3-5,10-13H,6H2,1-2H3. The van der Waals surface area contributed by atoms with Gasteiger partial charge in [0.1, 0.15) is 5.75 Å². The predicted molar refractivity (Wildman–Crippen MR) is 51.7 cm³/mol. The highest BCUT2D eigenvalue weighted by Crippen LogP contribution is 2.21. The second-order valence-electron chi connectivity index (χ2n) is 3.11. The third-order valence-corrected chi connectivity index (χ3v) is 2.02. The number of benzene rings is 1. The molecular weight excluding hydrogens is 166 g/mol. The van der Waals surface area contributed by atoms with Crippen molar-refractivity contribution in [3.8, 4) is 5.75 Å². The molecule has 1 atom stereocenters. The minimum Gasteiger partial charge on any atom is -0.508 e. The van der Waals surface area contributed by atoms with Crippen molar-refractivity contribution < 1.29 is 10.2 Å². The first-order valence-corrected chi connectivity index (χ1v) is 4.27. The molecule has 13 heavy (non-hydrogen) atoms. The minimum absolute atomic E-state index is 0.191. The van der Waals surface area contributed by atoms with Gasteiger partial charge in [-0.05, 0) is 37.2 Å². The average molecular weight is 181 g/mol. The number of hydrogen-bond acceptors (Lipinski definition) is 3. The molecule has 0 aliphatic heterocycles. The monoisotopic (exact) mass is 181 g/mol. The summed E-state index contributed by atoms with van der Waals surface area (Å²) < 4.78 is 0. The van der Waals surface area contributed by atoms with Crippen LogP contribution in [0.15, 0.2) is 18.2 Å². The Morgan fingerprint density at radius 1 is 1.46 bits per heavy atom. The van der Waals surface area contributed by atoms with Crippen molar-refractivity contribution in [3.05, 3.63) is 29.3 Å². The van der Waals surface area contributed by atoms with E-state index in [2.05, 4.69) is 5.32 Å². The Balaban J connectivity index is 2.91. The lowest BCUT2D eigenvalue weighted by Gasteiger charge is -2.13. The van der Waals surface area contributed by atoms with E-state index in [0.717, 1.165) is 11.1 Å². The fraction of sp³-hybridized carbons (Fsp3) is 0.400.